The quantitative estimate of drug-likeness (QED) is 0.638. The summed E-state index contributed by atoms with van der Waals surface area (Å²) in [5.74, 6) is 0. The van der Waals surface area contributed by atoms with Gasteiger partial charge in [-0.25, -0.2) is 0 Å². The van der Waals surface area contributed by atoms with Gasteiger partial charge in [0.25, 0.3) is 5.69 Å². The minimum absolute atomic E-state index is 0.0794. The van der Waals surface area contributed by atoms with Crippen molar-refractivity contribution in [2.24, 2.45) is 5.73 Å². The van der Waals surface area contributed by atoms with Crippen molar-refractivity contribution in [3.8, 4) is 0 Å². The highest BCUT2D eigenvalue weighted by molar-refractivity contribution is 6.30. The molecule has 0 aromatic heterocycles. The summed E-state index contributed by atoms with van der Waals surface area (Å²) in [4.78, 5) is 10.4. The average molecular weight is 243 g/mol. The fraction of sp³-hybridized carbons (Fsp3) is 0.455. The predicted octanol–water partition coefficient (Wildman–Crippen LogP) is 2.92. The van der Waals surface area contributed by atoms with Crippen LogP contribution in [0, 0.1) is 10.1 Å². The maximum Gasteiger partial charge on any atom is 0.274 e. The van der Waals surface area contributed by atoms with Gasteiger partial charge in [0.2, 0.25) is 0 Å². The third-order valence-electron chi connectivity index (χ3n) is 2.55. The molecule has 2 N–H and O–H groups in total. The second kappa shape index (κ2) is 5.82. The van der Waals surface area contributed by atoms with Gasteiger partial charge in [0.1, 0.15) is 0 Å². The maximum absolute atomic E-state index is 10.8. The molecule has 0 spiro atoms. The zero-order chi connectivity index (χ0) is 12.1. The van der Waals surface area contributed by atoms with Crippen molar-refractivity contribution in [2.75, 3.05) is 0 Å². The van der Waals surface area contributed by atoms with E-state index in [0.29, 0.717) is 17.0 Å². The molecule has 0 radical (unpaired) electrons. The van der Waals surface area contributed by atoms with Gasteiger partial charge in [0.05, 0.1) is 4.92 Å². The molecule has 0 saturated heterocycles. The van der Waals surface area contributed by atoms with Gasteiger partial charge in [0.15, 0.2) is 0 Å². The first-order chi connectivity index (χ1) is 7.54. The van der Waals surface area contributed by atoms with Gasteiger partial charge in [-0.2, -0.15) is 0 Å². The lowest BCUT2D eigenvalue weighted by Crippen LogP contribution is -2.19. The number of nitrogens with zero attached hydrogens (tertiary/aromatic N) is 1. The standard InChI is InChI=1S/C11H15ClN2O2/c1-2-10(13)6-4-8-3-5-9(12)7-11(8)14(15)16/h3,5,7,10H,2,4,6,13H2,1H3. The van der Waals surface area contributed by atoms with Crippen molar-refractivity contribution in [1.82, 2.24) is 0 Å². The first-order valence-electron chi connectivity index (χ1n) is 5.23. The Morgan fingerprint density at radius 3 is 2.81 bits per heavy atom. The number of aryl methyl sites for hydroxylation is 1. The minimum Gasteiger partial charge on any atom is -0.328 e. The molecular formula is C11H15ClN2O2. The molecule has 0 amide bonds. The molecule has 0 aliphatic carbocycles. The van der Waals surface area contributed by atoms with Gasteiger partial charge in [-0.3, -0.25) is 10.1 Å². The van der Waals surface area contributed by atoms with Crippen LogP contribution in [-0.2, 0) is 6.42 Å². The van der Waals surface area contributed by atoms with Crippen LogP contribution in [0.4, 0.5) is 5.69 Å². The summed E-state index contributed by atoms with van der Waals surface area (Å²) in [6.45, 7) is 2.00. The molecule has 0 aliphatic heterocycles. The second-order valence-corrected chi connectivity index (χ2v) is 4.17. The Morgan fingerprint density at radius 2 is 2.25 bits per heavy atom. The van der Waals surface area contributed by atoms with Gasteiger partial charge in [0, 0.05) is 22.7 Å². The minimum atomic E-state index is -0.404. The monoisotopic (exact) mass is 242 g/mol. The van der Waals surface area contributed by atoms with E-state index in [4.69, 9.17) is 17.3 Å². The molecule has 1 aromatic carbocycles. The number of nitro benzene ring substituents is 1. The van der Waals surface area contributed by atoms with Gasteiger partial charge in [-0.15, -0.1) is 0 Å². The molecule has 0 saturated carbocycles. The van der Waals surface area contributed by atoms with E-state index in [1.54, 1.807) is 12.1 Å². The Balaban J connectivity index is 2.82. The molecule has 16 heavy (non-hydrogen) atoms. The SMILES string of the molecule is CCC(N)CCc1ccc(Cl)cc1[N+](=O)[O-]. The summed E-state index contributed by atoms with van der Waals surface area (Å²) in [6, 6.07) is 4.84. The fourth-order valence-electron chi connectivity index (χ4n) is 1.46. The summed E-state index contributed by atoms with van der Waals surface area (Å²) in [6.07, 6.45) is 2.24. The van der Waals surface area contributed by atoms with Crippen LogP contribution in [0.3, 0.4) is 0 Å². The molecule has 4 nitrogen and oxygen atoms in total. The Bertz CT molecular complexity index is 382. The van der Waals surface area contributed by atoms with E-state index in [1.807, 2.05) is 6.92 Å². The first kappa shape index (κ1) is 12.9. The van der Waals surface area contributed by atoms with Gasteiger partial charge < -0.3 is 5.73 Å². The van der Waals surface area contributed by atoms with Gasteiger partial charge in [-0.1, -0.05) is 24.6 Å². The third-order valence-corrected chi connectivity index (χ3v) is 2.79. The Hall–Kier alpha value is -1.13. The highest BCUT2D eigenvalue weighted by atomic mass is 35.5. The van der Waals surface area contributed by atoms with Crippen molar-refractivity contribution < 1.29 is 4.92 Å². The summed E-state index contributed by atoms with van der Waals surface area (Å²) in [5.41, 5.74) is 6.55. The molecule has 1 unspecified atom stereocenters. The number of hydrogen-bond donors (Lipinski definition) is 1. The average Bonchev–Trinajstić information content (AvgIpc) is 2.26. The molecule has 1 rings (SSSR count). The van der Waals surface area contributed by atoms with E-state index >= 15 is 0 Å². The molecule has 0 fully saturated rings. The number of halogens is 1. The van der Waals surface area contributed by atoms with Crippen molar-refractivity contribution in [2.45, 2.75) is 32.2 Å². The largest absolute Gasteiger partial charge is 0.328 e. The normalized spacial score (nSPS) is 12.4. The van der Waals surface area contributed by atoms with Crippen LogP contribution in [0.2, 0.25) is 5.02 Å². The van der Waals surface area contributed by atoms with Crippen molar-refractivity contribution in [3.63, 3.8) is 0 Å². The van der Waals surface area contributed by atoms with E-state index in [9.17, 15) is 10.1 Å². The molecule has 1 aromatic rings. The highest BCUT2D eigenvalue weighted by Gasteiger charge is 2.14. The summed E-state index contributed by atoms with van der Waals surface area (Å²) in [5, 5.41) is 11.2. The van der Waals surface area contributed by atoms with Crippen LogP contribution >= 0.6 is 11.6 Å². The Kier molecular flexibility index (Phi) is 4.71. The number of benzene rings is 1. The zero-order valence-corrected chi connectivity index (χ0v) is 9.91. The van der Waals surface area contributed by atoms with E-state index in [2.05, 4.69) is 0 Å². The van der Waals surface area contributed by atoms with Crippen LogP contribution in [0.5, 0.6) is 0 Å². The summed E-state index contributed by atoms with van der Waals surface area (Å²) in [7, 11) is 0. The molecular weight excluding hydrogens is 228 g/mol. The lowest BCUT2D eigenvalue weighted by atomic mass is 10.0. The third kappa shape index (κ3) is 3.47. The van der Waals surface area contributed by atoms with E-state index in [1.165, 1.54) is 6.07 Å². The lowest BCUT2D eigenvalue weighted by molar-refractivity contribution is -0.385. The second-order valence-electron chi connectivity index (χ2n) is 3.74. The summed E-state index contributed by atoms with van der Waals surface area (Å²) >= 11 is 5.72. The lowest BCUT2D eigenvalue weighted by Gasteiger charge is -2.08. The molecule has 0 heterocycles. The Labute approximate surface area is 99.6 Å². The Morgan fingerprint density at radius 1 is 1.56 bits per heavy atom. The molecule has 1 atom stereocenters. The molecule has 0 bridgehead atoms. The van der Waals surface area contributed by atoms with Crippen LogP contribution in [0.15, 0.2) is 18.2 Å². The van der Waals surface area contributed by atoms with Crippen molar-refractivity contribution in [3.05, 3.63) is 38.9 Å². The maximum atomic E-state index is 10.8. The number of nitrogens with two attached hydrogens (primary N) is 1. The number of nitro groups is 1. The first-order valence-corrected chi connectivity index (χ1v) is 5.60. The molecule has 0 aliphatic rings. The number of hydrogen-bond acceptors (Lipinski definition) is 3. The van der Waals surface area contributed by atoms with Crippen LogP contribution < -0.4 is 5.73 Å². The van der Waals surface area contributed by atoms with Gasteiger partial charge >= 0.3 is 0 Å². The smallest absolute Gasteiger partial charge is 0.274 e. The van der Waals surface area contributed by atoms with Crippen LogP contribution in [0.25, 0.3) is 0 Å². The number of rotatable bonds is 5. The van der Waals surface area contributed by atoms with Gasteiger partial charge in [-0.05, 0) is 25.3 Å². The van der Waals surface area contributed by atoms with Crippen molar-refractivity contribution >= 4 is 17.3 Å². The zero-order valence-electron chi connectivity index (χ0n) is 9.15. The van der Waals surface area contributed by atoms with Crippen molar-refractivity contribution in [1.29, 1.82) is 0 Å². The van der Waals surface area contributed by atoms with Crippen LogP contribution in [0.1, 0.15) is 25.3 Å². The summed E-state index contributed by atoms with van der Waals surface area (Å²) < 4.78 is 0. The van der Waals surface area contributed by atoms with E-state index in [0.717, 1.165) is 12.8 Å². The highest BCUT2D eigenvalue weighted by Crippen LogP contribution is 2.24. The van der Waals surface area contributed by atoms with Crippen LogP contribution in [-0.4, -0.2) is 11.0 Å². The van der Waals surface area contributed by atoms with E-state index < -0.39 is 4.92 Å². The fourth-order valence-corrected chi connectivity index (χ4v) is 1.63. The molecule has 88 valence electrons. The molecule has 5 heteroatoms. The van der Waals surface area contributed by atoms with E-state index in [-0.39, 0.29) is 11.7 Å². The predicted molar refractivity (Wildman–Crippen MR) is 64.7 cm³/mol. The topological polar surface area (TPSA) is 69.2 Å².